The van der Waals surface area contributed by atoms with Crippen molar-refractivity contribution in [2.45, 2.75) is 25.7 Å². The van der Waals surface area contributed by atoms with Crippen molar-refractivity contribution in [1.29, 1.82) is 5.26 Å². The van der Waals surface area contributed by atoms with Gasteiger partial charge in [0, 0.05) is 0 Å². The minimum atomic E-state index is 0.0139. The number of carbonyl (C=O) groups is 1. The lowest BCUT2D eigenvalue weighted by Crippen LogP contribution is -2.21. The van der Waals surface area contributed by atoms with Crippen LogP contribution in [0.2, 0.25) is 0 Å². The summed E-state index contributed by atoms with van der Waals surface area (Å²) in [4.78, 5) is 9.18. The molecule has 3 heteroatoms. The molecule has 0 unspecified atom stereocenters. The third-order valence-electron chi connectivity index (χ3n) is 1.38. The van der Waals surface area contributed by atoms with Gasteiger partial charge in [-0.1, -0.05) is 6.42 Å². The van der Waals surface area contributed by atoms with Crippen molar-refractivity contribution in [2.75, 3.05) is 13.1 Å². The maximum atomic E-state index is 9.18. The summed E-state index contributed by atoms with van der Waals surface area (Å²) in [5.74, 6) is 0. The topological polar surface area (TPSA) is 52.9 Å². The number of nitriles is 1. The monoisotopic (exact) mass is 154 g/mol. The Kier molecular flexibility index (Phi) is 8.39. The minimum absolute atomic E-state index is 0.0139. The Morgan fingerprint density at radius 1 is 1.36 bits per heavy atom. The molecule has 0 saturated carbocycles. The van der Waals surface area contributed by atoms with Crippen LogP contribution in [-0.2, 0) is 4.79 Å². The fourth-order valence-corrected chi connectivity index (χ4v) is 0.839. The van der Waals surface area contributed by atoms with E-state index in [-0.39, 0.29) is 6.42 Å². The lowest BCUT2D eigenvalue weighted by atomic mass is 10.2. The fraction of sp³-hybridized carbons (Fsp3) is 0.750. The van der Waals surface area contributed by atoms with E-state index in [0.29, 0.717) is 6.29 Å². The van der Waals surface area contributed by atoms with Gasteiger partial charge in [0.1, 0.15) is 6.29 Å². The van der Waals surface area contributed by atoms with Crippen LogP contribution >= 0.6 is 0 Å². The van der Waals surface area contributed by atoms with Gasteiger partial charge in [0.2, 0.25) is 0 Å². The molecule has 3 nitrogen and oxygen atoms in total. The Bertz CT molecular complexity index is 113. The van der Waals surface area contributed by atoms with Crippen LogP contribution in [0.15, 0.2) is 0 Å². The van der Waals surface area contributed by atoms with Crippen LogP contribution in [-0.4, -0.2) is 19.4 Å². The van der Waals surface area contributed by atoms with E-state index in [1.54, 1.807) is 6.07 Å². The first-order valence-corrected chi connectivity index (χ1v) is 3.93. The zero-order valence-electron chi connectivity index (χ0n) is 6.68. The molecule has 0 bridgehead atoms. The number of carbonyl (C=O) groups excluding carboxylic acids is 1. The van der Waals surface area contributed by atoms with Gasteiger partial charge in [-0.05, 0) is 25.9 Å². The molecule has 0 aliphatic carbocycles. The Balaban J connectivity index is 0.000000187. The van der Waals surface area contributed by atoms with Gasteiger partial charge in [-0.3, -0.25) is 0 Å². The summed E-state index contributed by atoms with van der Waals surface area (Å²) >= 11 is 0. The van der Waals surface area contributed by atoms with Gasteiger partial charge in [0.05, 0.1) is 12.5 Å². The Morgan fingerprint density at radius 2 is 2.00 bits per heavy atom. The second kappa shape index (κ2) is 9.12. The quantitative estimate of drug-likeness (QED) is 0.570. The number of hydrogen-bond acceptors (Lipinski definition) is 3. The predicted molar refractivity (Wildman–Crippen MR) is 43.0 cm³/mol. The second-order valence-electron chi connectivity index (χ2n) is 2.34. The number of piperidine rings is 1. The van der Waals surface area contributed by atoms with Crippen LogP contribution in [0.4, 0.5) is 0 Å². The standard InChI is InChI=1S/C5H11N.C3H3NO/c1-2-4-6-5-3-1;4-2-1-3-5/h6H,1-5H2;3H,1H2. The van der Waals surface area contributed by atoms with Crippen LogP contribution < -0.4 is 5.32 Å². The highest BCUT2D eigenvalue weighted by Gasteiger charge is 1.93. The smallest absolute Gasteiger partial charge is 0.134 e. The van der Waals surface area contributed by atoms with Crippen molar-refractivity contribution < 1.29 is 4.79 Å². The number of nitrogens with one attached hydrogen (secondary N) is 1. The number of hydrogen-bond donors (Lipinski definition) is 1. The van der Waals surface area contributed by atoms with Gasteiger partial charge in [0.15, 0.2) is 0 Å². The molecule has 1 aliphatic rings. The van der Waals surface area contributed by atoms with E-state index in [9.17, 15) is 4.79 Å². The van der Waals surface area contributed by atoms with Crippen molar-refractivity contribution in [3.63, 3.8) is 0 Å². The van der Waals surface area contributed by atoms with Crippen LogP contribution in [0, 0.1) is 11.3 Å². The lowest BCUT2D eigenvalue weighted by Gasteiger charge is -2.08. The highest BCUT2D eigenvalue weighted by Crippen LogP contribution is 1.96. The Hall–Kier alpha value is -0.880. The summed E-state index contributed by atoms with van der Waals surface area (Å²) in [5.41, 5.74) is 0. The highest BCUT2D eigenvalue weighted by molar-refractivity contribution is 5.52. The molecule has 11 heavy (non-hydrogen) atoms. The summed E-state index contributed by atoms with van der Waals surface area (Å²) in [6.07, 6.45) is 4.80. The molecule has 0 atom stereocenters. The molecule has 1 rings (SSSR count). The van der Waals surface area contributed by atoms with Crippen molar-refractivity contribution in [3.8, 4) is 6.07 Å². The molecule has 1 heterocycles. The molecular weight excluding hydrogens is 140 g/mol. The molecule has 0 amide bonds. The summed E-state index contributed by atoms with van der Waals surface area (Å²) in [6, 6.07) is 1.65. The Morgan fingerprint density at radius 3 is 2.09 bits per heavy atom. The summed E-state index contributed by atoms with van der Waals surface area (Å²) in [5, 5.41) is 10.9. The van der Waals surface area contributed by atoms with Gasteiger partial charge in [0.25, 0.3) is 0 Å². The maximum absolute atomic E-state index is 9.18. The molecular formula is C8H14N2O. The molecule has 62 valence electrons. The SMILES string of the molecule is C1CCNCC1.N#CCC=O. The van der Waals surface area contributed by atoms with Crippen LogP contribution in [0.3, 0.4) is 0 Å². The van der Waals surface area contributed by atoms with E-state index in [0.717, 1.165) is 0 Å². The van der Waals surface area contributed by atoms with Gasteiger partial charge in [-0.15, -0.1) is 0 Å². The zero-order chi connectivity index (χ0) is 8.36. The normalized spacial score (nSPS) is 15.5. The molecule has 1 N–H and O–H groups in total. The van der Waals surface area contributed by atoms with Crippen molar-refractivity contribution >= 4 is 6.29 Å². The second-order valence-corrected chi connectivity index (χ2v) is 2.34. The Labute approximate surface area is 67.4 Å². The van der Waals surface area contributed by atoms with Crippen molar-refractivity contribution in [2.24, 2.45) is 0 Å². The minimum Gasteiger partial charge on any atom is -0.317 e. The number of nitrogens with zero attached hydrogens (tertiary/aromatic N) is 1. The largest absolute Gasteiger partial charge is 0.317 e. The number of aldehydes is 1. The van der Waals surface area contributed by atoms with Crippen LogP contribution in [0.1, 0.15) is 25.7 Å². The number of rotatable bonds is 1. The van der Waals surface area contributed by atoms with Gasteiger partial charge < -0.3 is 10.1 Å². The highest BCUT2D eigenvalue weighted by atomic mass is 16.1. The van der Waals surface area contributed by atoms with E-state index in [1.807, 2.05) is 0 Å². The van der Waals surface area contributed by atoms with E-state index in [1.165, 1.54) is 32.4 Å². The summed E-state index contributed by atoms with van der Waals surface area (Å²) in [7, 11) is 0. The lowest BCUT2D eigenvalue weighted by molar-refractivity contribution is -0.107. The van der Waals surface area contributed by atoms with Crippen molar-refractivity contribution in [1.82, 2.24) is 5.32 Å². The first kappa shape index (κ1) is 10.1. The third kappa shape index (κ3) is 9.12. The first-order valence-electron chi connectivity index (χ1n) is 3.93. The average Bonchev–Trinajstić information content (AvgIpc) is 2.10. The molecule has 1 fully saturated rings. The van der Waals surface area contributed by atoms with E-state index in [2.05, 4.69) is 5.32 Å². The van der Waals surface area contributed by atoms with Gasteiger partial charge >= 0.3 is 0 Å². The van der Waals surface area contributed by atoms with Crippen LogP contribution in [0.25, 0.3) is 0 Å². The predicted octanol–water partition coefficient (Wildman–Crippen LogP) is 0.859. The van der Waals surface area contributed by atoms with Crippen molar-refractivity contribution in [3.05, 3.63) is 0 Å². The van der Waals surface area contributed by atoms with E-state index >= 15 is 0 Å². The molecule has 0 aromatic carbocycles. The molecule has 1 saturated heterocycles. The van der Waals surface area contributed by atoms with E-state index in [4.69, 9.17) is 5.26 Å². The fourth-order valence-electron chi connectivity index (χ4n) is 0.839. The molecule has 1 aliphatic heterocycles. The van der Waals surface area contributed by atoms with Gasteiger partial charge in [-0.2, -0.15) is 5.26 Å². The first-order chi connectivity index (χ1) is 5.41. The van der Waals surface area contributed by atoms with Gasteiger partial charge in [-0.25, -0.2) is 0 Å². The maximum Gasteiger partial charge on any atom is 0.134 e. The summed E-state index contributed by atoms with van der Waals surface area (Å²) in [6.45, 7) is 2.50. The van der Waals surface area contributed by atoms with E-state index < -0.39 is 0 Å². The summed E-state index contributed by atoms with van der Waals surface area (Å²) < 4.78 is 0. The molecule has 0 radical (unpaired) electrons. The zero-order valence-corrected chi connectivity index (χ0v) is 6.68. The molecule has 0 aromatic heterocycles. The average molecular weight is 154 g/mol. The molecule has 0 spiro atoms. The van der Waals surface area contributed by atoms with Crippen LogP contribution in [0.5, 0.6) is 0 Å². The molecule has 0 aromatic rings. The third-order valence-corrected chi connectivity index (χ3v) is 1.38.